The Labute approximate surface area is 62.5 Å². The number of hydrogen-bond acceptors (Lipinski definition) is 2. The first kappa shape index (κ1) is 9.19. The summed E-state index contributed by atoms with van der Waals surface area (Å²) in [5.74, 6) is 0. The molecule has 1 atom stereocenters. The molecule has 56 valence electrons. The predicted molar refractivity (Wildman–Crippen MR) is 42.5 cm³/mol. The third-order valence-corrected chi connectivity index (χ3v) is 1.35. The van der Waals surface area contributed by atoms with Crippen molar-refractivity contribution in [1.29, 1.82) is 5.26 Å². The van der Waals surface area contributed by atoms with Crippen molar-refractivity contribution in [2.75, 3.05) is 6.54 Å². The van der Waals surface area contributed by atoms with E-state index in [-0.39, 0.29) is 6.04 Å². The molecule has 2 heteroatoms. The molecule has 1 unspecified atom stereocenters. The average molecular weight is 138 g/mol. The van der Waals surface area contributed by atoms with Gasteiger partial charge >= 0.3 is 0 Å². The van der Waals surface area contributed by atoms with Crippen LogP contribution >= 0.6 is 0 Å². The smallest absolute Gasteiger partial charge is 0.0926 e. The van der Waals surface area contributed by atoms with Crippen LogP contribution in [0.15, 0.2) is 12.2 Å². The Kier molecular flexibility index (Phi) is 4.61. The second kappa shape index (κ2) is 5.01. The summed E-state index contributed by atoms with van der Waals surface area (Å²) in [7, 11) is 0. The minimum Gasteiger partial charge on any atom is -0.298 e. The summed E-state index contributed by atoms with van der Waals surface area (Å²) in [4.78, 5) is 0. The van der Waals surface area contributed by atoms with E-state index in [0.717, 1.165) is 18.5 Å². The van der Waals surface area contributed by atoms with E-state index in [1.54, 1.807) is 0 Å². The number of nitrogens with one attached hydrogen (secondary N) is 1. The fourth-order valence-corrected chi connectivity index (χ4v) is 0.468. The van der Waals surface area contributed by atoms with Crippen LogP contribution in [0.5, 0.6) is 0 Å². The van der Waals surface area contributed by atoms with Crippen LogP contribution in [-0.2, 0) is 0 Å². The highest BCUT2D eigenvalue weighted by Gasteiger charge is 1.96. The minimum absolute atomic E-state index is 0.0664. The third-order valence-electron chi connectivity index (χ3n) is 1.35. The zero-order valence-electron chi connectivity index (χ0n) is 6.65. The highest BCUT2D eigenvalue weighted by molar-refractivity contribution is 4.98. The van der Waals surface area contributed by atoms with Crippen molar-refractivity contribution >= 4 is 0 Å². The third kappa shape index (κ3) is 4.11. The van der Waals surface area contributed by atoms with Gasteiger partial charge in [-0.3, -0.25) is 5.32 Å². The summed E-state index contributed by atoms with van der Waals surface area (Å²) in [6.45, 7) is 8.46. The maximum atomic E-state index is 8.38. The molecule has 0 rings (SSSR count). The van der Waals surface area contributed by atoms with Crippen molar-refractivity contribution in [1.82, 2.24) is 5.32 Å². The Bertz CT molecular complexity index is 144. The van der Waals surface area contributed by atoms with Crippen LogP contribution < -0.4 is 5.32 Å². The van der Waals surface area contributed by atoms with Gasteiger partial charge in [-0.2, -0.15) is 5.26 Å². The minimum atomic E-state index is -0.0664. The molecule has 0 radical (unpaired) electrons. The van der Waals surface area contributed by atoms with Crippen LogP contribution in [0.3, 0.4) is 0 Å². The fraction of sp³-hybridized carbons (Fsp3) is 0.625. The number of rotatable bonds is 4. The first-order chi connectivity index (χ1) is 4.70. The molecule has 0 aromatic carbocycles. The molecule has 0 fully saturated rings. The Morgan fingerprint density at radius 3 is 2.80 bits per heavy atom. The molecule has 0 aliphatic rings. The second-order valence-corrected chi connectivity index (χ2v) is 2.34. The topological polar surface area (TPSA) is 35.8 Å². The lowest BCUT2D eigenvalue weighted by molar-refractivity contribution is 0.673. The molecule has 10 heavy (non-hydrogen) atoms. The predicted octanol–water partition coefficient (Wildman–Crippen LogP) is 1.45. The molecule has 0 aromatic rings. The average Bonchev–Trinajstić information content (AvgIpc) is 1.99. The van der Waals surface area contributed by atoms with Crippen LogP contribution in [-0.4, -0.2) is 12.6 Å². The van der Waals surface area contributed by atoms with Crippen molar-refractivity contribution < 1.29 is 0 Å². The Hall–Kier alpha value is -0.810. The van der Waals surface area contributed by atoms with Gasteiger partial charge in [-0.1, -0.05) is 19.1 Å². The van der Waals surface area contributed by atoms with Crippen LogP contribution in [0.25, 0.3) is 0 Å². The zero-order chi connectivity index (χ0) is 7.98. The molecule has 0 aromatic heterocycles. The van der Waals surface area contributed by atoms with Crippen molar-refractivity contribution in [3.05, 3.63) is 12.2 Å². The molecular formula is C8H14N2. The first-order valence-corrected chi connectivity index (χ1v) is 3.50. The van der Waals surface area contributed by atoms with E-state index in [4.69, 9.17) is 5.26 Å². The van der Waals surface area contributed by atoms with Gasteiger partial charge in [0.2, 0.25) is 0 Å². The van der Waals surface area contributed by atoms with Gasteiger partial charge in [0.1, 0.15) is 0 Å². The van der Waals surface area contributed by atoms with E-state index < -0.39 is 0 Å². The zero-order valence-corrected chi connectivity index (χ0v) is 6.65. The lowest BCUT2D eigenvalue weighted by Gasteiger charge is -2.05. The van der Waals surface area contributed by atoms with Crippen LogP contribution in [0.4, 0.5) is 0 Å². The summed E-state index contributed by atoms with van der Waals surface area (Å²) in [6.07, 6.45) is 0.977. The van der Waals surface area contributed by atoms with Crippen molar-refractivity contribution in [3.63, 3.8) is 0 Å². The molecule has 2 nitrogen and oxygen atoms in total. The van der Waals surface area contributed by atoms with E-state index in [0.29, 0.717) is 0 Å². The number of nitrogens with zero attached hydrogens (tertiary/aromatic N) is 1. The standard InChI is InChI=1S/C8H14N2/c1-4-7(2)6-10-8(3)5-9/h8,10H,2,4,6H2,1,3H3. The van der Waals surface area contributed by atoms with E-state index in [1.165, 1.54) is 0 Å². The molecule has 0 spiro atoms. The molecule has 0 aliphatic carbocycles. The molecule has 1 N–H and O–H groups in total. The van der Waals surface area contributed by atoms with Gasteiger partial charge in [-0.05, 0) is 13.3 Å². The van der Waals surface area contributed by atoms with E-state index in [2.05, 4.69) is 24.9 Å². The molecule has 0 bridgehead atoms. The SMILES string of the molecule is C=C(CC)CNC(C)C#N. The lowest BCUT2D eigenvalue weighted by atomic mass is 10.2. The molecule has 0 amide bonds. The maximum absolute atomic E-state index is 8.38. The monoisotopic (exact) mass is 138 g/mol. The van der Waals surface area contributed by atoms with Crippen molar-refractivity contribution in [2.45, 2.75) is 26.3 Å². The van der Waals surface area contributed by atoms with Crippen LogP contribution in [0.2, 0.25) is 0 Å². The quantitative estimate of drug-likeness (QED) is 0.597. The Morgan fingerprint density at radius 2 is 2.40 bits per heavy atom. The molecular weight excluding hydrogens is 124 g/mol. The molecule has 0 saturated heterocycles. The second-order valence-electron chi connectivity index (χ2n) is 2.34. The highest BCUT2D eigenvalue weighted by Crippen LogP contribution is 1.93. The van der Waals surface area contributed by atoms with Gasteiger partial charge in [-0.15, -0.1) is 0 Å². The van der Waals surface area contributed by atoms with Crippen LogP contribution in [0, 0.1) is 11.3 Å². The normalized spacial score (nSPS) is 12.1. The first-order valence-electron chi connectivity index (χ1n) is 3.50. The van der Waals surface area contributed by atoms with E-state index in [1.807, 2.05) is 6.92 Å². The van der Waals surface area contributed by atoms with Crippen LogP contribution in [0.1, 0.15) is 20.3 Å². The van der Waals surface area contributed by atoms with E-state index >= 15 is 0 Å². The van der Waals surface area contributed by atoms with Crippen molar-refractivity contribution in [2.24, 2.45) is 0 Å². The van der Waals surface area contributed by atoms with Gasteiger partial charge in [0.25, 0.3) is 0 Å². The summed E-state index contributed by atoms with van der Waals surface area (Å²) >= 11 is 0. The molecule has 0 aliphatic heterocycles. The Morgan fingerprint density at radius 1 is 1.80 bits per heavy atom. The number of nitriles is 1. The van der Waals surface area contributed by atoms with E-state index in [9.17, 15) is 0 Å². The van der Waals surface area contributed by atoms with Gasteiger partial charge in [0.15, 0.2) is 0 Å². The van der Waals surface area contributed by atoms with Gasteiger partial charge in [0, 0.05) is 6.54 Å². The molecule has 0 saturated carbocycles. The number of hydrogen-bond donors (Lipinski definition) is 1. The fourth-order valence-electron chi connectivity index (χ4n) is 0.468. The van der Waals surface area contributed by atoms with Gasteiger partial charge in [0.05, 0.1) is 12.1 Å². The summed E-state index contributed by atoms with van der Waals surface area (Å²) < 4.78 is 0. The summed E-state index contributed by atoms with van der Waals surface area (Å²) in [6, 6.07) is 2.03. The summed E-state index contributed by atoms with van der Waals surface area (Å²) in [5, 5.41) is 11.4. The van der Waals surface area contributed by atoms with Gasteiger partial charge < -0.3 is 0 Å². The Balaban J connectivity index is 3.37. The summed E-state index contributed by atoms with van der Waals surface area (Å²) in [5.41, 5.74) is 1.14. The van der Waals surface area contributed by atoms with Gasteiger partial charge in [-0.25, -0.2) is 0 Å². The largest absolute Gasteiger partial charge is 0.298 e. The lowest BCUT2D eigenvalue weighted by Crippen LogP contribution is -2.25. The van der Waals surface area contributed by atoms with Crippen molar-refractivity contribution in [3.8, 4) is 6.07 Å². The molecule has 0 heterocycles. The highest BCUT2D eigenvalue weighted by atomic mass is 14.9. The maximum Gasteiger partial charge on any atom is 0.0926 e.